The quantitative estimate of drug-likeness (QED) is 0.437. The van der Waals surface area contributed by atoms with Crippen molar-refractivity contribution in [2.45, 2.75) is 12.8 Å². The van der Waals surface area contributed by atoms with Gasteiger partial charge >= 0.3 is 0 Å². The lowest BCUT2D eigenvalue weighted by Crippen LogP contribution is -2.23. The standard InChI is InChI=1S/C6H10O4S/c7-5(8)1-3-11-4-2-6(9)10/h1-4H2,(H,7,8)(H,9,10)/p-2. The van der Waals surface area contributed by atoms with E-state index in [0.29, 0.717) is 11.5 Å². The number of carbonyl (C=O) groups excluding carboxylic acids is 2. The molecule has 0 aromatic rings. The molecule has 0 aliphatic carbocycles. The number of aliphatic carboxylic acids is 2. The van der Waals surface area contributed by atoms with Crippen molar-refractivity contribution in [1.29, 1.82) is 0 Å². The minimum Gasteiger partial charge on any atom is -0.550 e. The molecule has 64 valence electrons. The Morgan fingerprint density at radius 3 is 1.64 bits per heavy atom. The minimum atomic E-state index is -1.11. The number of rotatable bonds is 6. The maximum atomic E-state index is 9.84. The smallest absolute Gasteiger partial charge is 0.0422 e. The van der Waals surface area contributed by atoms with E-state index >= 15 is 0 Å². The van der Waals surface area contributed by atoms with E-state index in [-0.39, 0.29) is 12.8 Å². The van der Waals surface area contributed by atoms with Crippen LogP contribution in [0.1, 0.15) is 12.8 Å². The van der Waals surface area contributed by atoms with Crippen molar-refractivity contribution in [3.8, 4) is 0 Å². The highest BCUT2D eigenvalue weighted by molar-refractivity contribution is 7.99. The van der Waals surface area contributed by atoms with E-state index in [2.05, 4.69) is 0 Å². The summed E-state index contributed by atoms with van der Waals surface area (Å²) in [7, 11) is 0. The van der Waals surface area contributed by atoms with Crippen LogP contribution in [-0.4, -0.2) is 23.4 Å². The van der Waals surface area contributed by atoms with Crippen molar-refractivity contribution >= 4 is 23.7 Å². The van der Waals surface area contributed by atoms with Crippen LogP contribution in [0.4, 0.5) is 0 Å². The largest absolute Gasteiger partial charge is 0.550 e. The van der Waals surface area contributed by atoms with Gasteiger partial charge in [-0.15, -0.1) is 0 Å². The first-order valence-corrected chi connectivity index (χ1v) is 4.26. The van der Waals surface area contributed by atoms with Gasteiger partial charge in [0.25, 0.3) is 0 Å². The van der Waals surface area contributed by atoms with Crippen LogP contribution in [0.2, 0.25) is 0 Å². The van der Waals surface area contributed by atoms with E-state index in [0.717, 1.165) is 0 Å². The molecule has 4 nitrogen and oxygen atoms in total. The molecule has 0 radical (unpaired) electrons. The molecule has 0 unspecified atom stereocenters. The van der Waals surface area contributed by atoms with Crippen molar-refractivity contribution < 1.29 is 19.8 Å². The number of carboxylic acids is 2. The van der Waals surface area contributed by atoms with Gasteiger partial charge in [-0.25, -0.2) is 0 Å². The van der Waals surface area contributed by atoms with E-state index in [1.54, 1.807) is 0 Å². The van der Waals surface area contributed by atoms with E-state index in [1.807, 2.05) is 0 Å². The Morgan fingerprint density at radius 1 is 1.00 bits per heavy atom. The van der Waals surface area contributed by atoms with Crippen LogP contribution in [0.5, 0.6) is 0 Å². The molecular formula is C6H8O4S-2. The topological polar surface area (TPSA) is 80.3 Å². The molecule has 0 aliphatic heterocycles. The fourth-order valence-corrected chi connectivity index (χ4v) is 1.24. The van der Waals surface area contributed by atoms with Crippen molar-refractivity contribution in [3.63, 3.8) is 0 Å². The maximum absolute atomic E-state index is 9.84. The second-order valence-electron chi connectivity index (χ2n) is 1.86. The lowest BCUT2D eigenvalue weighted by atomic mass is 10.5. The van der Waals surface area contributed by atoms with E-state index < -0.39 is 11.9 Å². The molecule has 0 aliphatic rings. The Bertz CT molecular complexity index is 130. The highest BCUT2D eigenvalue weighted by Crippen LogP contribution is 2.02. The predicted molar refractivity (Wildman–Crippen MR) is 36.6 cm³/mol. The van der Waals surface area contributed by atoms with Gasteiger partial charge in [0.15, 0.2) is 0 Å². The third-order valence-corrected chi connectivity index (χ3v) is 1.89. The molecule has 0 saturated heterocycles. The zero-order chi connectivity index (χ0) is 8.69. The fourth-order valence-electron chi connectivity index (χ4n) is 0.413. The molecule has 0 aromatic carbocycles. The van der Waals surface area contributed by atoms with Crippen LogP contribution in [0, 0.1) is 0 Å². The summed E-state index contributed by atoms with van der Waals surface area (Å²) in [6.45, 7) is 0. The normalized spacial score (nSPS) is 9.45. The minimum absolute atomic E-state index is 0.0300. The van der Waals surface area contributed by atoms with Gasteiger partial charge in [0.2, 0.25) is 0 Å². The lowest BCUT2D eigenvalue weighted by molar-refractivity contribution is -0.306. The second kappa shape index (κ2) is 6.03. The Labute approximate surface area is 68.6 Å². The van der Waals surface area contributed by atoms with Crippen LogP contribution >= 0.6 is 11.8 Å². The first-order chi connectivity index (χ1) is 5.13. The summed E-state index contributed by atoms with van der Waals surface area (Å²) in [6, 6.07) is 0. The molecule has 0 N–H and O–H groups in total. The molecule has 0 bridgehead atoms. The van der Waals surface area contributed by atoms with Crippen molar-refractivity contribution in [3.05, 3.63) is 0 Å². The van der Waals surface area contributed by atoms with E-state index in [9.17, 15) is 19.8 Å². The number of carboxylic acid groups (broad SMARTS) is 2. The van der Waals surface area contributed by atoms with Crippen molar-refractivity contribution in [2.24, 2.45) is 0 Å². The van der Waals surface area contributed by atoms with Gasteiger partial charge < -0.3 is 19.8 Å². The van der Waals surface area contributed by atoms with E-state index in [4.69, 9.17) is 0 Å². The van der Waals surface area contributed by atoms with Crippen LogP contribution in [0.3, 0.4) is 0 Å². The van der Waals surface area contributed by atoms with Crippen LogP contribution in [0.15, 0.2) is 0 Å². The van der Waals surface area contributed by atoms with Gasteiger partial charge in [-0.3, -0.25) is 0 Å². The number of hydrogen-bond acceptors (Lipinski definition) is 5. The van der Waals surface area contributed by atoms with Gasteiger partial charge in [0.1, 0.15) is 0 Å². The first kappa shape index (κ1) is 10.3. The van der Waals surface area contributed by atoms with E-state index in [1.165, 1.54) is 11.8 Å². The van der Waals surface area contributed by atoms with Crippen molar-refractivity contribution in [2.75, 3.05) is 11.5 Å². The summed E-state index contributed by atoms with van der Waals surface area (Å²) in [5.74, 6) is -1.41. The maximum Gasteiger partial charge on any atom is 0.0422 e. The summed E-state index contributed by atoms with van der Waals surface area (Å²) in [5.41, 5.74) is 0. The summed E-state index contributed by atoms with van der Waals surface area (Å²) < 4.78 is 0. The van der Waals surface area contributed by atoms with Crippen LogP contribution in [-0.2, 0) is 9.59 Å². The molecule has 0 heterocycles. The van der Waals surface area contributed by atoms with Gasteiger partial charge in [0.05, 0.1) is 0 Å². The van der Waals surface area contributed by atoms with Gasteiger partial charge in [-0.1, -0.05) is 0 Å². The second-order valence-corrected chi connectivity index (χ2v) is 3.08. The fraction of sp³-hybridized carbons (Fsp3) is 0.667. The van der Waals surface area contributed by atoms with Gasteiger partial charge in [-0.05, 0) is 24.3 Å². The van der Waals surface area contributed by atoms with Crippen LogP contribution in [0.25, 0.3) is 0 Å². The molecule has 5 heteroatoms. The predicted octanol–water partition coefficient (Wildman–Crippen LogP) is -2.00. The Kier molecular flexibility index (Phi) is 5.64. The molecule has 0 saturated carbocycles. The van der Waals surface area contributed by atoms with Crippen molar-refractivity contribution in [1.82, 2.24) is 0 Å². The van der Waals surface area contributed by atoms with Crippen LogP contribution < -0.4 is 10.2 Å². The summed E-state index contributed by atoms with van der Waals surface area (Å²) >= 11 is 1.27. The molecule has 0 fully saturated rings. The SMILES string of the molecule is O=C([O-])CCSCCC(=O)[O-]. The summed E-state index contributed by atoms with van der Waals surface area (Å²) in [5, 5.41) is 19.7. The number of hydrogen-bond donors (Lipinski definition) is 0. The lowest BCUT2D eigenvalue weighted by Gasteiger charge is -2.02. The van der Waals surface area contributed by atoms with Gasteiger partial charge in [0, 0.05) is 11.9 Å². The molecule has 0 atom stereocenters. The summed E-state index contributed by atoms with van der Waals surface area (Å²) in [4.78, 5) is 19.7. The number of carbonyl (C=O) groups is 2. The Hall–Kier alpha value is -0.710. The zero-order valence-electron chi connectivity index (χ0n) is 5.87. The molecule has 0 rings (SSSR count). The monoisotopic (exact) mass is 176 g/mol. The highest BCUT2D eigenvalue weighted by Gasteiger charge is 1.90. The third kappa shape index (κ3) is 9.29. The summed E-state index contributed by atoms with van der Waals surface area (Å²) in [6.07, 6.45) is -0.0601. The zero-order valence-corrected chi connectivity index (χ0v) is 6.69. The average molecular weight is 176 g/mol. The Balaban J connectivity index is 3.03. The Morgan fingerprint density at radius 2 is 1.36 bits per heavy atom. The molecule has 0 aromatic heterocycles. The third-order valence-electron chi connectivity index (χ3n) is 0.901. The first-order valence-electron chi connectivity index (χ1n) is 3.10. The molecular weight excluding hydrogens is 168 g/mol. The molecule has 11 heavy (non-hydrogen) atoms. The molecule has 0 amide bonds. The number of thioether (sulfide) groups is 1. The highest BCUT2D eigenvalue weighted by atomic mass is 32.2. The average Bonchev–Trinajstić information content (AvgIpc) is 1.85. The molecule has 0 spiro atoms. The van der Waals surface area contributed by atoms with Gasteiger partial charge in [-0.2, -0.15) is 11.8 Å².